The van der Waals surface area contributed by atoms with E-state index in [-0.39, 0.29) is 5.92 Å². The van der Waals surface area contributed by atoms with Crippen LogP contribution >= 0.6 is 11.6 Å². The SMILES string of the molecule is Cc1nn(C)c(C)c1S(=O)(=O)N1CC(c2cccc(Cl)c2)C1. The molecule has 1 aromatic carbocycles. The third-order valence-corrected chi connectivity index (χ3v) is 6.53. The zero-order chi connectivity index (χ0) is 16.1. The van der Waals surface area contributed by atoms with Gasteiger partial charge in [0.25, 0.3) is 0 Å². The summed E-state index contributed by atoms with van der Waals surface area (Å²) in [5, 5.41) is 4.88. The second-order valence-corrected chi connectivity index (χ2v) is 8.01. The highest BCUT2D eigenvalue weighted by Crippen LogP contribution is 2.34. The molecule has 0 atom stereocenters. The summed E-state index contributed by atoms with van der Waals surface area (Å²) in [5.41, 5.74) is 2.30. The highest BCUT2D eigenvalue weighted by atomic mass is 35.5. The van der Waals surface area contributed by atoms with Crippen molar-refractivity contribution < 1.29 is 8.42 Å². The Morgan fingerprint density at radius 2 is 1.95 bits per heavy atom. The van der Waals surface area contributed by atoms with Gasteiger partial charge in [-0.15, -0.1) is 0 Å². The zero-order valence-electron chi connectivity index (χ0n) is 12.7. The number of aromatic nitrogens is 2. The number of sulfonamides is 1. The van der Waals surface area contributed by atoms with Crippen LogP contribution in [0.2, 0.25) is 5.02 Å². The third kappa shape index (κ3) is 2.45. The van der Waals surface area contributed by atoms with Crippen LogP contribution in [0, 0.1) is 13.8 Å². The van der Waals surface area contributed by atoms with E-state index in [1.54, 1.807) is 25.6 Å². The van der Waals surface area contributed by atoms with Crippen LogP contribution in [0.15, 0.2) is 29.2 Å². The maximum atomic E-state index is 12.8. The first kappa shape index (κ1) is 15.5. The Kier molecular flexibility index (Phi) is 3.79. The molecule has 0 unspecified atom stereocenters. The summed E-state index contributed by atoms with van der Waals surface area (Å²) in [6.07, 6.45) is 0. The fourth-order valence-corrected chi connectivity index (χ4v) is 4.99. The Labute approximate surface area is 135 Å². The molecule has 7 heteroatoms. The van der Waals surface area contributed by atoms with E-state index in [1.165, 1.54) is 4.31 Å². The number of benzene rings is 1. The molecule has 0 spiro atoms. The summed E-state index contributed by atoms with van der Waals surface area (Å²) >= 11 is 5.99. The average Bonchev–Trinajstić information content (AvgIpc) is 2.61. The van der Waals surface area contributed by atoms with E-state index in [2.05, 4.69) is 5.10 Å². The monoisotopic (exact) mass is 339 g/mol. The van der Waals surface area contributed by atoms with Gasteiger partial charge in [0.2, 0.25) is 10.0 Å². The lowest BCUT2D eigenvalue weighted by Gasteiger charge is -2.38. The largest absolute Gasteiger partial charge is 0.271 e. The van der Waals surface area contributed by atoms with Crippen LogP contribution in [0.1, 0.15) is 22.9 Å². The quantitative estimate of drug-likeness (QED) is 0.863. The third-order valence-electron chi connectivity index (χ3n) is 4.21. The first-order chi connectivity index (χ1) is 10.3. The molecule has 1 saturated heterocycles. The molecule has 2 aromatic rings. The van der Waals surface area contributed by atoms with Crippen molar-refractivity contribution in [3.05, 3.63) is 46.2 Å². The number of rotatable bonds is 3. The minimum atomic E-state index is -3.48. The standard InChI is InChI=1S/C15H18ClN3O2S/c1-10-15(11(2)18(3)17-10)22(20,21)19-8-13(9-19)12-5-4-6-14(16)7-12/h4-7,13H,8-9H2,1-3H3. The van der Waals surface area contributed by atoms with Crippen LogP contribution in [0.5, 0.6) is 0 Å². The van der Waals surface area contributed by atoms with Crippen LogP contribution in [0.25, 0.3) is 0 Å². The van der Waals surface area contributed by atoms with Crippen molar-refractivity contribution in [1.29, 1.82) is 0 Å². The van der Waals surface area contributed by atoms with Gasteiger partial charge in [0, 0.05) is 31.1 Å². The number of hydrogen-bond donors (Lipinski definition) is 0. The molecule has 1 aliphatic rings. The van der Waals surface area contributed by atoms with Gasteiger partial charge in [0.15, 0.2) is 0 Å². The molecule has 1 fully saturated rings. The Bertz CT molecular complexity index is 823. The van der Waals surface area contributed by atoms with Gasteiger partial charge >= 0.3 is 0 Å². The average molecular weight is 340 g/mol. The van der Waals surface area contributed by atoms with E-state index in [0.29, 0.717) is 34.4 Å². The minimum absolute atomic E-state index is 0.200. The van der Waals surface area contributed by atoms with Crippen molar-refractivity contribution >= 4 is 21.6 Å². The molecule has 0 amide bonds. The van der Waals surface area contributed by atoms with E-state index >= 15 is 0 Å². The molecular weight excluding hydrogens is 322 g/mol. The summed E-state index contributed by atoms with van der Waals surface area (Å²) in [6, 6.07) is 7.60. The first-order valence-corrected chi connectivity index (χ1v) is 8.88. The smallest absolute Gasteiger partial charge is 0.246 e. The van der Waals surface area contributed by atoms with Gasteiger partial charge in [-0.25, -0.2) is 8.42 Å². The molecule has 22 heavy (non-hydrogen) atoms. The summed E-state index contributed by atoms with van der Waals surface area (Å²) in [6.45, 7) is 4.47. The van der Waals surface area contributed by atoms with Crippen molar-refractivity contribution in [2.45, 2.75) is 24.7 Å². The van der Waals surface area contributed by atoms with Crippen LogP contribution in [-0.4, -0.2) is 35.6 Å². The van der Waals surface area contributed by atoms with E-state index in [9.17, 15) is 8.42 Å². The molecular formula is C15H18ClN3O2S. The van der Waals surface area contributed by atoms with Gasteiger partial charge in [0.1, 0.15) is 4.90 Å². The Morgan fingerprint density at radius 3 is 2.50 bits per heavy atom. The second kappa shape index (κ2) is 5.37. The zero-order valence-corrected chi connectivity index (χ0v) is 14.3. The highest BCUT2D eigenvalue weighted by molar-refractivity contribution is 7.89. The maximum Gasteiger partial charge on any atom is 0.246 e. The Balaban J connectivity index is 1.82. The van der Waals surface area contributed by atoms with Crippen molar-refractivity contribution in [2.75, 3.05) is 13.1 Å². The van der Waals surface area contributed by atoms with Crippen LogP contribution < -0.4 is 0 Å². The van der Waals surface area contributed by atoms with Gasteiger partial charge in [-0.1, -0.05) is 23.7 Å². The van der Waals surface area contributed by atoms with Gasteiger partial charge in [0.05, 0.1) is 11.4 Å². The molecule has 0 radical (unpaired) electrons. The summed E-state index contributed by atoms with van der Waals surface area (Å²) in [7, 11) is -1.72. The number of nitrogens with zero attached hydrogens (tertiary/aromatic N) is 3. The van der Waals surface area contributed by atoms with Crippen LogP contribution in [-0.2, 0) is 17.1 Å². The van der Waals surface area contributed by atoms with Crippen LogP contribution in [0.4, 0.5) is 0 Å². The number of halogens is 1. The highest BCUT2D eigenvalue weighted by Gasteiger charge is 2.39. The van der Waals surface area contributed by atoms with E-state index in [1.807, 2.05) is 24.3 Å². The van der Waals surface area contributed by atoms with E-state index < -0.39 is 10.0 Å². The number of hydrogen-bond acceptors (Lipinski definition) is 3. The van der Waals surface area contributed by atoms with Crippen molar-refractivity contribution in [3.8, 4) is 0 Å². The van der Waals surface area contributed by atoms with Crippen molar-refractivity contribution in [3.63, 3.8) is 0 Å². The topological polar surface area (TPSA) is 55.2 Å². The molecule has 1 aromatic heterocycles. The van der Waals surface area contributed by atoms with Crippen LogP contribution in [0.3, 0.4) is 0 Å². The van der Waals surface area contributed by atoms with Gasteiger partial charge < -0.3 is 0 Å². The predicted molar refractivity (Wildman–Crippen MR) is 85.6 cm³/mol. The molecule has 1 aliphatic heterocycles. The lowest BCUT2D eigenvalue weighted by atomic mass is 9.94. The molecule has 0 aliphatic carbocycles. The molecule has 0 N–H and O–H groups in total. The summed E-state index contributed by atoms with van der Waals surface area (Å²) < 4.78 is 28.6. The lowest BCUT2D eigenvalue weighted by molar-refractivity contribution is 0.264. The van der Waals surface area contributed by atoms with Crippen molar-refractivity contribution in [1.82, 2.24) is 14.1 Å². The molecule has 0 bridgehead atoms. The fourth-order valence-electron chi connectivity index (χ4n) is 2.86. The van der Waals surface area contributed by atoms with Crippen molar-refractivity contribution in [2.24, 2.45) is 7.05 Å². The Morgan fingerprint density at radius 1 is 1.27 bits per heavy atom. The normalized spacial score (nSPS) is 16.7. The Hall–Kier alpha value is -1.37. The number of aryl methyl sites for hydroxylation is 2. The first-order valence-electron chi connectivity index (χ1n) is 7.06. The fraction of sp³-hybridized carbons (Fsp3) is 0.400. The van der Waals surface area contributed by atoms with Gasteiger partial charge in [-0.2, -0.15) is 9.40 Å². The summed E-state index contributed by atoms with van der Waals surface area (Å²) in [5.74, 6) is 0.200. The molecule has 2 heterocycles. The van der Waals surface area contributed by atoms with Gasteiger partial charge in [-0.05, 0) is 31.5 Å². The van der Waals surface area contributed by atoms with E-state index in [0.717, 1.165) is 5.56 Å². The maximum absolute atomic E-state index is 12.8. The second-order valence-electron chi connectivity index (χ2n) is 5.70. The summed E-state index contributed by atoms with van der Waals surface area (Å²) in [4.78, 5) is 0.333. The van der Waals surface area contributed by atoms with E-state index in [4.69, 9.17) is 11.6 Å². The molecule has 5 nitrogen and oxygen atoms in total. The molecule has 3 rings (SSSR count). The predicted octanol–water partition coefficient (Wildman–Crippen LogP) is 2.48. The van der Waals surface area contributed by atoms with Gasteiger partial charge in [-0.3, -0.25) is 4.68 Å². The minimum Gasteiger partial charge on any atom is -0.271 e. The molecule has 118 valence electrons. The molecule has 0 saturated carbocycles. The lowest BCUT2D eigenvalue weighted by Crippen LogP contribution is -2.48.